The summed E-state index contributed by atoms with van der Waals surface area (Å²) >= 11 is 0. The fourth-order valence-electron chi connectivity index (χ4n) is 4.02. The molecule has 4 N–H and O–H groups in total. The minimum atomic E-state index is -4.61. The molecule has 0 bridgehead atoms. The van der Waals surface area contributed by atoms with Gasteiger partial charge in [0.2, 0.25) is 11.2 Å². The molecule has 2 heterocycles. The lowest BCUT2D eigenvalue weighted by Gasteiger charge is -2.25. The SMILES string of the molecule is CCO[P+]1(O)N=C(c2c(O)c(C(C)(C)C)n(CCC(C)(C)C)c2O)Nc2ccc(C(F)(F)F)cc21. The van der Waals surface area contributed by atoms with Gasteiger partial charge in [-0.3, -0.25) is 0 Å². The molecule has 0 radical (unpaired) electrons. The lowest BCUT2D eigenvalue weighted by Crippen LogP contribution is -2.29. The number of nitrogens with zero attached hydrogens (tertiary/aromatic N) is 2. The molecule has 1 atom stereocenters. The van der Waals surface area contributed by atoms with Crippen LogP contribution in [0.5, 0.6) is 11.6 Å². The van der Waals surface area contributed by atoms with Gasteiger partial charge in [-0.2, -0.15) is 22.6 Å². The number of aromatic hydroxyl groups is 2. The molecule has 1 unspecified atom stereocenters. The molecule has 194 valence electrons. The highest BCUT2D eigenvalue weighted by Gasteiger charge is 2.50. The quantitative estimate of drug-likeness (QED) is 0.369. The molecule has 11 heteroatoms. The van der Waals surface area contributed by atoms with Gasteiger partial charge < -0.3 is 20.1 Å². The Labute approximate surface area is 204 Å². The molecule has 0 aliphatic carbocycles. The highest BCUT2D eigenvalue weighted by molar-refractivity contribution is 7.72. The van der Waals surface area contributed by atoms with Crippen molar-refractivity contribution >= 4 is 24.7 Å². The molecule has 7 nitrogen and oxygen atoms in total. The smallest absolute Gasteiger partial charge is 0.432 e. The Balaban J connectivity index is 2.21. The van der Waals surface area contributed by atoms with Crippen LogP contribution in [-0.4, -0.2) is 32.1 Å². The van der Waals surface area contributed by atoms with E-state index in [1.54, 1.807) is 11.5 Å². The number of benzene rings is 1. The molecule has 1 aliphatic rings. The summed E-state index contributed by atoms with van der Waals surface area (Å²) < 4.78 is 51.3. The molecule has 0 amide bonds. The fraction of sp³-hybridized carbons (Fsp3) is 0.542. The van der Waals surface area contributed by atoms with Gasteiger partial charge in [0, 0.05) is 18.0 Å². The van der Waals surface area contributed by atoms with Gasteiger partial charge >= 0.3 is 14.0 Å². The zero-order valence-corrected chi connectivity index (χ0v) is 22.0. The van der Waals surface area contributed by atoms with E-state index in [1.807, 2.05) is 20.8 Å². The van der Waals surface area contributed by atoms with Crippen LogP contribution in [0.25, 0.3) is 0 Å². The average molecular weight is 517 g/mol. The Morgan fingerprint density at radius 2 is 1.71 bits per heavy atom. The Morgan fingerprint density at radius 1 is 1.09 bits per heavy atom. The van der Waals surface area contributed by atoms with E-state index in [2.05, 4.69) is 30.9 Å². The van der Waals surface area contributed by atoms with E-state index in [0.29, 0.717) is 18.7 Å². The number of hydrogen-bond donors (Lipinski definition) is 4. The first-order valence-electron chi connectivity index (χ1n) is 11.4. The second-order valence-electron chi connectivity index (χ2n) is 10.9. The summed E-state index contributed by atoms with van der Waals surface area (Å²) in [5, 5.41) is 25.2. The second-order valence-corrected chi connectivity index (χ2v) is 12.9. The molecule has 0 saturated carbocycles. The lowest BCUT2D eigenvalue weighted by molar-refractivity contribution is -0.137. The van der Waals surface area contributed by atoms with Crippen LogP contribution in [-0.2, 0) is 22.7 Å². The first kappa shape index (κ1) is 27.3. The summed E-state index contributed by atoms with van der Waals surface area (Å²) in [5.74, 6) is -0.536. The summed E-state index contributed by atoms with van der Waals surface area (Å²) in [6.45, 7) is 13.9. The molecule has 2 aromatic rings. The van der Waals surface area contributed by atoms with Crippen molar-refractivity contribution in [2.75, 3.05) is 11.9 Å². The van der Waals surface area contributed by atoms with Crippen LogP contribution in [0.4, 0.5) is 18.9 Å². The summed E-state index contributed by atoms with van der Waals surface area (Å²) in [6.07, 6.45) is -3.91. The summed E-state index contributed by atoms with van der Waals surface area (Å²) in [6, 6.07) is 2.90. The Bertz CT molecular complexity index is 1150. The number of fused-ring (bicyclic) bond motifs is 1. The van der Waals surface area contributed by atoms with Crippen LogP contribution in [0.3, 0.4) is 0 Å². The number of halogens is 3. The van der Waals surface area contributed by atoms with Gasteiger partial charge in [-0.25, -0.2) is 0 Å². The van der Waals surface area contributed by atoms with Gasteiger partial charge in [-0.15, -0.1) is 0 Å². The number of anilines is 1. The maximum absolute atomic E-state index is 13.3. The highest BCUT2D eigenvalue weighted by atomic mass is 31.2. The van der Waals surface area contributed by atoms with Crippen molar-refractivity contribution in [1.82, 2.24) is 4.57 Å². The van der Waals surface area contributed by atoms with E-state index < -0.39 is 25.0 Å². The zero-order chi connectivity index (χ0) is 26.6. The monoisotopic (exact) mass is 516 g/mol. The molecule has 0 saturated heterocycles. The predicted molar refractivity (Wildman–Crippen MR) is 133 cm³/mol. The first-order chi connectivity index (χ1) is 15.9. The molecule has 1 aromatic carbocycles. The Hall–Kier alpha value is -2.29. The van der Waals surface area contributed by atoms with Gasteiger partial charge in [0.15, 0.2) is 11.6 Å². The van der Waals surface area contributed by atoms with E-state index in [0.717, 1.165) is 12.1 Å². The third-order valence-electron chi connectivity index (χ3n) is 5.68. The minimum Gasteiger partial charge on any atom is -0.505 e. The molecule has 35 heavy (non-hydrogen) atoms. The third-order valence-corrected chi connectivity index (χ3v) is 7.77. The first-order valence-corrected chi connectivity index (χ1v) is 13.0. The number of hydrogen-bond acceptors (Lipinski definition) is 6. The number of aromatic nitrogens is 1. The van der Waals surface area contributed by atoms with Crippen molar-refractivity contribution < 1.29 is 32.8 Å². The summed E-state index contributed by atoms with van der Waals surface area (Å²) in [5.41, 5.74) is -0.937. The van der Waals surface area contributed by atoms with Gasteiger partial charge in [-0.1, -0.05) is 41.5 Å². The molecular weight excluding hydrogens is 482 g/mol. The predicted octanol–water partition coefficient (Wildman–Crippen LogP) is 5.94. The van der Waals surface area contributed by atoms with Crippen LogP contribution >= 0.6 is 7.87 Å². The molecule has 1 aromatic heterocycles. The van der Waals surface area contributed by atoms with Gasteiger partial charge in [0.1, 0.15) is 5.56 Å². The molecule has 3 rings (SSSR count). The number of nitrogens with one attached hydrogen (secondary N) is 1. The Morgan fingerprint density at radius 3 is 2.23 bits per heavy atom. The Kier molecular flexibility index (Phi) is 7.00. The average Bonchev–Trinajstić information content (AvgIpc) is 2.94. The number of rotatable bonds is 5. The maximum atomic E-state index is 13.3. The number of amidine groups is 1. The van der Waals surface area contributed by atoms with Crippen LogP contribution in [0.2, 0.25) is 0 Å². The van der Waals surface area contributed by atoms with Crippen LogP contribution < -0.4 is 10.6 Å². The summed E-state index contributed by atoms with van der Waals surface area (Å²) in [7, 11) is -3.91. The molecule has 1 aliphatic heterocycles. The minimum absolute atomic E-state index is 0.00541. The standard InChI is InChI=1S/C24H33F3N3O4P/c1-8-34-35(33)16-13-14(24(25,26)27)9-10-15(16)28-20(29-35)17-18(31)19(23(5,6)7)30(21(17)32)12-11-22(2,3)4/h9-10,13,33H,8,11-12H2,1-7H3,(H2-,28,29,31,32)/p+1. The van der Waals surface area contributed by atoms with E-state index in [9.17, 15) is 28.3 Å². The maximum Gasteiger partial charge on any atom is 0.432 e. The van der Waals surface area contributed by atoms with Crippen LogP contribution in [0, 0.1) is 5.41 Å². The van der Waals surface area contributed by atoms with Crippen molar-refractivity contribution in [3.8, 4) is 11.6 Å². The zero-order valence-electron chi connectivity index (χ0n) is 21.1. The fourth-order valence-corrected chi connectivity index (χ4v) is 5.86. The topological polar surface area (TPSA) is 99.2 Å². The van der Waals surface area contributed by atoms with E-state index in [1.165, 1.54) is 6.07 Å². The molecule has 0 spiro atoms. The van der Waals surface area contributed by atoms with Gasteiger partial charge in [0.25, 0.3) is 0 Å². The van der Waals surface area contributed by atoms with Crippen molar-refractivity contribution in [2.24, 2.45) is 10.2 Å². The largest absolute Gasteiger partial charge is 0.505 e. The van der Waals surface area contributed by atoms with Gasteiger partial charge in [0.05, 0.1) is 23.6 Å². The van der Waals surface area contributed by atoms with Crippen molar-refractivity contribution in [3.63, 3.8) is 0 Å². The normalized spacial score (nSPS) is 18.8. The van der Waals surface area contributed by atoms with Crippen molar-refractivity contribution in [2.45, 2.75) is 73.0 Å². The van der Waals surface area contributed by atoms with Crippen LogP contribution in [0.15, 0.2) is 23.0 Å². The van der Waals surface area contributed by atoms with E-state index in [-0.39, 0.29) is 46.0 Å². The van der Waals surface area contributed by atoms with Gasteiger partial charge in [-0.05, 0) is 35.7 Å². The number of alkyl halides is 3. The summed E-state index contributed by atoms with van der Waals surface area (Å²) in [4.78, 5) is 11.3. The third kappa shape index (κ3) is 5.44. The lowest BCUT2D eigenvalue weighted by atomic mass is 9.89. The van der Waals surface area contributed by atoms with Crippen molar-refractivity contribution in [1.29, 1.82) is 0 Å². The molecular formula is C24H34F3N3O4P+. The second kappa shape index (κ2) is 8.98. The van der Waals surface area contributed by atoms with E-state index in [4.69, 9.17) is 4.52 Å². The van der Waals surface area contributed by atoms with E-state index >= 15 is 0 Å². The highest BCUT2D eigenvalue weighted by Crippen LogP contribution is 2.60. The van der Waals surface area contributed by atoms with Crippen molar-refractivity contribution in [3.05, 3.63) is 35.0 Å². The molecule has 0 fully saturated rings. The van der Waals surface area contributed by atoms with Crippen LogP contribution in [0.1, 0.15) is 71.7 Å².